The van der Waals surface area contributed by atoms with Gasteiger partial charge in [0, 0.05) is 11.3 Å². The minimum absolute atomic E-state index is 0.0321. The summed E-state index contributed by atoms with van der Waals surface area (Å²) >= 11 is 12.2. The number of rotatable bonds is 5. The normalized spacial score (nSPS) is 17.5. The van der Waals surface area contributed by atoms with Gasteiger partial charge in [0.2, 0.25) is 0 Å². The maximum absolute atomic E-state index is 13.3. The van der Waals surface area contributed by atoms with Gasteiger partial charge in [-0.05, 0) is 61.4 Å². The summed E-state index contributed by atoms with van der Waals surface area (Å²) in [6.07, 6.45) is 0. The molecule has 5 nitrogen and oxygen atoms in total. The van der Waals surface area contributed by atoms with E-state index in [0.717, 1.165) is 5.56 Å². The molecule has 3 aromatic rings. The van der Waals surface area contributed by atoms with Crippen LogP contribution in [-0.4, -0.2) is 23.4 Å². The van der Waals surface area contributed by atoms with Gasteiger partial charge in [-0.1, -0.05) is 53.5 Å². The van der Waals surface area contributed by atoms with Crippen molar-refractivity contribution >= 4 is 46.3 Å². The number of aliphatic hydroxyl groups excluding tert-OH is 1. The lowest BCUT2D eigenvalue weighted by atomic mass is 9.94. The number of para-hydroxylation sites is 1. The number of ketones is 1. The zero-order valence-corrected chi connectivity index (χ0v) is 19.5. The third kappa shape index (κ3) is 4.22. The Bertz CT molecular complexity index is 1280. The summed E-state index contributed by atoms with van der Waals surface area (Å²) in [5.74, 6) is -1.24. The topological polar surface area (TPSA) is 66.8 Å². The number of carbonyl (C=O) groups is 2. The standard InChI is InChI=1S/C26H21Cl2NO4/c1-3-33-18-9-6-8-16(13-18)23-22(24(30)17-11-12-19(27)20(28)14-17)25(31)26(32)29(23)21-10-5-4-7-15(21)2/h4-14,23,30H,3H2,1-2H3/b24-22-. The first-order valence-corrected chi connectivity index (χ1v) is 11.1. The highest BCUT2D eigenvalue weighted by Gasteiger charge is 2.47. The molecule has 1 amide bonds. The van der Waals surface area contributed by atoms with Crippen molar-refractivity contribution in [1.29, 1.82) is 0 Å². The molecular formula is C26H21Cl2NO4. The summed E-state index contributed by atoms with van der Waals surface area (Å²) in [6.45, 7) is 4.20. The molecule has 0 aromatic heterocycles. The molecule has 1 saturated heterocycles. The van der Waals surface area contributed by atoms with Crippen molar-refractivity contribution < 1.29 is 19.4 Å². The number of aliphatic hydroxyl groups is 1. The molecule has 0 saturated carbocycles. The first kappa shape index (κ1) is 22.9. The number of nitrogens with zero attached hydrogens (tertiary/aromatic N) is 1. The summed E-state index contributed by atoms with van der Waals surface area (Å²) in [5.41, 5.74) is 2.29. The fourth-order valence-corrected chi connectivity index (χ4v) is 4.27. The van der Waals surface area contributed by atoms with Crippen molar-refractivity contribution in [3.63, 3.8) is 0 Å². The lowest BCUT2D eigenvalue weighted by Crippen LogP contribution is -2.30. The highest BCUT2D eigenvalue weighted by Crippen LogP contribution is 2.44. The van der Waals surface area contributed by atoms with E-state index in [1.54, 1.807) is 42.5 Å². The van der Waals surface area contributed by atoms with E-state index in [0.29, 0.717) is 28.6 Å². The predicted octanol–water partition coefficient (Wildman–Crippen LogP) is 6.33. The number of halogens is 2. The Labute approximate surface area is 201 Å². The lowest BCUT2D eigenvalue weighted by Gasteiger charge is -2.27. The van der Waals surface area contributed by atoms with Crippen LogP contribution < -0.4 is 9.64 Å². The second kappa shape index (κ2) is 9.30. The number of hydrogen-bond donors (Lipinski definition) is 1. The molecular weight excluding hydrogens is 461 g/mol. The van der Waals surface area contributed by atoms with E-state index < -0.39 is 17.7 Å². The number of Topliss-reactive ketones (excluding diaryl/α,β-unsaturated/α-hetero) is 1. The average molecular weight is 482 g/mol. The van der Waals surface area contributed by atoms with Crippen LogP contribution in [0.1, 0.15) is 29.7 Å². The summed E-state index contributed by atoms with van der Waals surface area (Å²) in [6, 6.07) is 18.1. The predicted molar refractivity (Wildman–Crippen MR) is 130 cm³/mol. The minimum Gasteiger partial charge on any atom is -0.507 e. The number of aryl methyl sites for hydroxylation is 1. The number of carbonyl (C=O) groups excluding carboxylic acids is 2. The van der Waals surface area contributed by atoms with Gasteiger partial charge in [-0.25, -0.2) is 0 Å². The highest BCUT2D eigenvalue weighted by atomic mass is 35.5. The Morgan fingerprint density at radius 3 is 2.45 bits per heavy atom. The monoisotopic (exact) mass is 481 g/mol. The largest absolute Gasteiger partial charge is 0.507 e. The molecule has 33 heavy (non-hydrogen) atoms. The SMILES string of the molecule is CCOc1cccc(C2/C(=C(/O)c3ccc(Cl)c(Cl)c3)C(=O)C(=O)N2c2ccccc2C)c1. The van der Waals surface area contributed by atoms with Gasteiger partial charge in [-0.3, -0.25) is 14.5 Å². The van der Waals surface area contributed by atoms with Crippen LogP contribution in [0.25, 0.3) is 5.76 Å². The molecule has 1 fully saturated rings. The van der Waals surface area contributed by atoms with Crippen molar-refractivity contribution in [2.24, 2.45) is 0 Å². The molecule has 4 rings (SSSR count). The maximum atomic E-state index is 13.3. The van der Waals surface area contributed by atoms with Crippen LogP contribution >= 0.6 is 23.2 Å². The molecule has 1 heterocycles. The Kier molecular flexibility index (Phi) is 6.45. The fraction of sp³-hybridized carbons (Fsp3) is 0.154. The van der Waals surface area contributed by atoms with E-state index in [2.05, 4.69) is 0 Å². The number of benzene rings is 3. The molecule has 0 aliphatic carbocycles. The van der Waals surface area contributed by atoms with Crippen LogP contribution in [0.5, 0.6) is 5.75 Å². The molecule has 3 aromatic carbocycles. The Morgan fingerprint density at radius 1 is 1.00 bits per heavy atom. The van der Waals surface area contributed by atoms with Crippen LogP contribution in [0.15, 0.2) is 72.3 Å². The summed E-state index contributed by atoms with van der Waals surface area (Å²) in [7, 11) is 0. The molecule has 0 bridgehead atoms. The van der Waals surface area contributed by atoms with E-state index in [4.69, 9.17) is 27.9 Å². The third-order valence-corrected chi connectivity index (χ3v) is 6.24. The molecule has 1 unspecified atom stereocenters. The van der Waals surface area contributed by atoms with E-state index in [1.165, 1.54) is 17.0 Å². The number of amides is 1. The summed E-state index contributed by atoms with van der Waals surface area (Å²) in [4.78, 5) is 28.0. The molecule has 7 heteroatoms. The van der Waals surface area contributed by atoms with Gasteiger partial charge in [0.25, 0.3) is 11.7 Å². The molecule has 1 N–H and O–H groups in total. The highest BCUT2D eigenvalue weighted by molar-refractivity contribution is 6.52. The van der Waals surface area contributed by atoms with Gasteiger partial charge < -0.3 is 9.84 Å². The van der Waals surface area contributed by atoms with Crippen molar-refractivity contribution in [2.75, 3.05) is 11.5 Å². The first-order chi connectivity index (χ1) is 15.8. The molecule has 0 radical (unpaired) electrons. The summed E-state index contributed by atoms with van der Waals surface area (Å²) in [5, 5.41) is 11.7. The molecule has 1 atom stereocenters. The zero-order chi connectivity index (χ0) is 23.7. The third-order valence-electron chi connectivity index (χ3n) is 5.50. The van der Waals surface area contributed by atoms with Crippen LogP contribution in [0.3, 0.4) is 0 Å². The van der Waals surface area contributed by atoms with E-state index in [9.17, 15) is 14.7 Å². The second-order valence-electron chi connectivity index (χ2n) is 7.59. The van der Waals surface area contributed by atoms with Gasteiger partial charge in [0.05, 0.1) is 28.3 Å². The average Bonchev–Trinajstić information content (AvgIpc) is 3.06. The van der Waals surface area contributed by atoms with Crippen molar-refractivity contribution in [2.45, 2.75) is 19.9 Å². The summed E-state index contributed by atoms with van der Waals surface area (Å²) < 4.78 is 5.63. The van der Waals surface area contributed by atoms with Gasteiger partial charge in [-0.2, -0.15) is 0 Å². The smallest absolute Gasteiger partial charge is 0.300 e. The first-order valence-electron chi connectivity index (χ1n) is 10.4. The van der Waals surface area contributed by atoms with Gasteiger partial charge in [-0.15, -0.1) is 0 Å². The second-order valence-corrected chi connectivity index (χ2v) is 8.40. The van der Waals surface area contributed by atoms with Gasteiger partial charge >= 0.3 is 0 Å². The van der Waals surface area contributed by atoms with Gasteiger partial charge in [0.15, 0.2) is 0 Å². The van der Waals surface area contributed by atoms with E-state index >= 15 is 0 Å². The van der Waals surface area contributed by atoms with Crippen molar-refractivity contribution in [3.05, 3.63) is 99.0 Å². The Hall–Kier alpha value is -3.28. The van der Waals surface area contributed by atoms with Crippen LogP contribution in [0.2, 0.25) is 10.0 Å². The fourth-order valence-electron chi connectivity index (χ4n) is 3.97. The van der Waals surface area contributed by atoms with E-state index in [-0.39, 0.29) is 21.9 Å². The number of hydrogen-bond acceptors (Lipinski definition) is 4. The van der Waals surface area contributed by atoms with Crippen LogP contribution in [0.4, 0.5) is 5.69 Å². The lowest BCUT2D eigenvalue weighted by molar-refractivity contribution is -0.132. The van der Waals surface area contributed by atoms with Crippen LogP contribution in [-0.2, 0) is 9.59 Å². The van der Waals surface area contributed by atoms with Crippen LogP contribution in [0, 0.1) is 6.92 Å². The number of ether oxygens (including phenoxy) is 1. The maximum Gasteiger partial charge on any atom is 0.300 e. The Morgan fingerprint density at radius 2 is 1.76 bits per heavy atom. The van der Waals surface area contributed by atoms with Gasteiger partial charge in [0.1, 0.15) is 11.5 Å². The Balaban J connectivity index is 1.97. The quantitative estimate of drug-likeness (QED) is 0.262. The minimum atomic E-state index is -0.860. The van der Waals surface area contributed by atoms with Crippen molar-refractivity contribution in [1.82, 2.24) is 0 Å². The molecule has 1 aliphatic heterocycles. The van der Waals surface area contributed by atoms with Crippen molar-refractivity contribution in [3.8, 4) is 5.75 Å². The molecule has 1 aliphatic rings. The van der Waals surface area contributed by atoms with E-state index in [1.807, 2.05) is 26.0 Å². The molecule has 168 valence electrons. The zero-order valence-electron chi connectivity index (χ0n) is 18.0. The number of anilines is 1. The molecule has 0 spiro atoms.